The highest BCUT2D eigenvalue weighted by molar-refractivity contribution is 5.30. The summed E-state index contributed by atoms with van der Waals surface area (Å²) in [6.45, 7) is 0. The van der Waals surface area contributed by atoms with Crippen molar-refractivity contribution >= 4 is 0 Å². The van der Waals surface area contributed by atoms with Gasteiger partial charge in [-0.25, -0.2) is 0 Å². The summed E-state index contributed by atoms with van der Waals surface area (Å²) in [5, 5.41) is 14.9. The third kappa shape index (κ3) is 2.78. The van der Waals surface area contributed by atoms with Crippen LogP contribution in [0.2, 0.25) is 0 Å². The quantitative estimate of drug-likeness (QED) is 0.871. The van der Waals surface area contributed by atoms with Crippen molar-refractivity contribution in [3.63, 3.8) is 0 Å². The number of aromatic nitrogens is 2. The van der Waals surface area contributed by atoms with Gasteiger partial charge in [-0.3, -0.25) is 4.68 Å². The standard InChI is InChI=1S/C17H22N2O/c1-19-12-13(11-18-19)9-10-15-7-4-6-14-5-2-3-8-16(14)17(15)20/h2-3,5,8,11-12,15,17,20H,4,6-7,9-10H2,1H3. The first-order valence-corrected chi connectivity index (χ1v) is 7.47. The molecule has 1 aromatic heterocycles. The van der Waals surface area contributed by atoms with E-state index >= 15 is 0 Å². The van der Waals surface area contributed by atoms with Crippen LogP contribution in [0.5, 0.6) is 0 Å². The van der Waals surface area contributed by atoms with E-state index in [2.05, 4.69) is 29.5 Å². The van der Waals surface area contributed by atoms with Crippen LogP contribution in [-0.2, 0) is 19.9 Å². The number of aliphatic hydroxyl groups excluding tert-OH is 1. The molecule has 3 rings (SSSR count). The largest absolute Gasteiger partial charge is 0.388 e. The van der Waals surface area contributed by atoms with E-state index in [1.54, 1.807) is 0 Å². The molecule has 1 aromatic carbocycles. The van der Waals surface area contributed by atoms with Gasteiger partial charge in [-0.1, -0.05) is 24.3 Å². The second kappa shape index (κ2) is 5.80. The lowest BCUT2D eigenvalue weighted by molar-refractivity contribution is 0.0999. The van der Waals surface area contributed by atoms with Crippen LogP contribution < -0.4 is 0 Å². The van der Waals surface area contributed by atoms with E-state index in [-0.39, 0.29) is 6.10 Å². The number of hydrogen-bond donors (Lipinski definition) is 1. The van der Waals surface area contributed by atoms with Crippen LogP contribution >= 0.6 is 0 Å². The van der Waals surface area contributed by atoms with E-state index < -0.39 is 0 Å². The molecule has 0 aliphatic heterocycles. The van der Waals surface area contributed by atoms with Crippen molar-refractivity contribution in [2.75, 3.05) is 0 Å². The Morgan fingerprint density at radius 3 is 3.00 bits per heavy atom. The first kappa shape index (κ1) is 13.4. The van der Waals surface area contributed by atoms with Crippen molar-refractivity contribution in [2.45, 2.75) is 38.2 Å². The highest BCUT2D eigenvalue weighted by atomic mass is 16.3. The van der Waals surface area contributed by atoms with Crippen molar-refractivity contribution < 1.29 is 5.11 Å². The molecule has 0 fully saturated rings. The number of benzene rings is 1. The number of aliphatic hydroxyl groups is 1. The Hall–Kier alpha value is -1.61. The Labute approximate surface area is 120 Å². The number of hydrogen-bond acceptors (Lipinski definition) is 2. The summed E-state index contributed by atoms with van der Waals surface area (Å²) in [6, 6.07) is 8.34. The summed E-state index contributed by atoms with van der Waals surface area (Å²) in [4.78, 5) is 0. The first-order chi connectivity index (χ1) is 9.74. The zero-order valence-electron chi connectivity index (χ0n) is 12.0. The molecule has 2 unspecified atom stereocenters. The smallest absolute Gasteiger partial charge is 0.0820 e. The molecule has 1 aliphatic carbocycles. The molecule has 106 valence electrons. The molecule has 1 N–H and O–H groups in total. The molecule has 20 heavy (non-hydrogen) atoms. The summed E-state index contributed by atoms with van der Waals surface area (Å²) in [5.41, 5.74) is 3.72. The average Bonchev–Trinajstić information content (AvgIpc) is 2.80. The topological polar surface area (TPSA) is 38.0 Å². The van der Waals surface area contributed by atoms with Crippen molar-refractivity contribution in [3.8, 4) is 0 Å². The molecular formula is C17H22N2O. The van der Waals surface area contributed by atoms with Crippen LogP contribution in [0.1, 0.15) is 42.1 Å². The molecule has 0 radical (unpaired) electrons. The van der Waals surface area contributed by atoms with E-state index in [0.717, 1.165) is 31.2 Å². The lowest BCUT2D eigenvalue weighted by atomic mass is 9.89. The molecule has 2 atom stereocenters. The summed E-state index contributed by atoms with van der Waals surface area (Å²) >= 11 is 0. The van der Waals surface area contributed by atoms with E-state index in [9.17, 15) is 5.11 Å². The third-order valence-electron chi connectivity index (χ3n) is 4.40. The second-order valence-corrected chi connectivity index (χ2v) is 5.86. The number of aryl methyl sites for hydroxylation is 3. The monoisotopic (exact) mass is 270 g/mol. The van der Waals surface area contributed by atoms with Crippen molar-refractivity contribution in [1.29, 1.82) is 0 Å². The SMILES string of the molecule is Cn1cc(CCC2CCCc3ccccc3C2O)cn1. The summed E-state index contributed by atoms with van der Waals surface area (Å²) < 4.78 is 1.84. The van der Waals surface area contributed by atoms with Gasteiger partial charge in [0.15, 0.2) is 0 Å². The van der Waals surface area contributed by atoms with Gasteiger partial charge in [-0.05, 0) is 54.7 Å². The summed E-state index contributed by atoms with van der Waals surface area (Å²) in [7, 11) is 1.94. The summed E-state index contributed by atoms with van der Waals surface area (Å²) in [6.07, 6.45) is 9.08. The molecule has 0 saturated heterocycles. The van der Waals surface area contributed by atoms with Crippen LogP contribution in [0.15, 0.2) is 36.7 Å². The molecule has 0 saturated carbocycles. The molecule has 3 nitrogen and oxygen atoms in total. The van der Waals surface area contributed by atoms with Gasteiger partial charge >= 0.3 is 0 Å². The first-order valence-electron chi connectivity index (χ1n) is 7.47. The fraction of sp³-hybridized carbons (Fsp3) is 0.471. The molecule has 0 bridgehead atoms. The number of fused-ring (bicyclic) bond motifs is 1. The van der Waals surface area contributed by atoms with Crippen molar-refractivity contribution in [2.24, 2.45) is 13.0 Å². The lowest BCUT2D eigenvalue weighted by Gasteiger charge is -2.21. The highest BCUT2D eigenvalue weighted by Crippen LogP contribution is 2.35. The Morgan fingerprint density at radius 1 is 1.35 bits per heavy atom. The van der Waals surface area contributed by atoms with Crippen molar-refractivity contribution in [3.05, 3.63) is 53.3 Å². The molecule has 1 aliphatic rings. The molecule has 1 heterocycles. The van der Waals surface area contributed by atoms with Gasteiger partial charge in [-0.15, -0.1) is 0 Å². The average molecular weight is 270 g/mol. The van der Waals surface area contributed by atoms with Crippen molar-refractivity contribution in [1.82, 2.24) is 9.78 Å². The van der Waals surface area contributed by atoms with Gasteiger partial charge in [0.05, 0.1) is 12.3 Å². The minimum Gasteiger partial charge on any atom is -0.388 e. The van der Waals surface area contributed by atoms with E-state index in [1.807, 2.05) is 24.0 Å². The predicted octanol–water partition coefficient (Wildman–Crippen LogP) is 3.04. The lowest BCUT2D eigenvalue weighted by Crippen LogP contribution is -2.13. The third-order valence-corrected chi connectivity index (χ3v) is 4.40. The van der Waals surface area contributed by atoms with E-state index in [1.165, 1.54) is 17.5 Å². The van der Waals surface area contributed by atoms with Gasteiger partial charge in [0.1, 0.15) is 0 Å². The molecule has 0 amide bonds. The Bertz CT molecular complexity index is 576. The maximum atomic E-state index is 10.7. The zero-order chi connectivity index (χ0) is 13.9. The van der Waals surface area contributed by atoms with Crippen LogP contribution in [-0.4, -0.2) is 14.9 Å². The molecule has 0 spiro atoms. The molecular weight excluding hydrogens is 248 g/mol. The molecule has 3 heteroatoms. The van der Waals surface area contributed by atoms with Crippen LogP contribution in [0, 0.1) is 5.92 Å². The van der Waals surface area contributed by atoms with Gasteiger partial charge in [0.25, 0.3) is 0 Å². The minimum atomic E-state index is -0.314. The van der Waals surface area contributed by atoms with Crippen LogP contribution in [0.3, 0.4) is 0 Å². The van der Waals surface area contributed by atoms with E-state index in [0.29, 0.717) is 5.92 Å². The van der Waals surface area contributed by atoms with Gasteiger partial charge in [0, 0.05) is 13.2 Å². The maximum Gasteiger partial charge on any atom is 0.0820 e. The van der Waals surface area contributed by atoms with Crippen LogP contribution in [0.25, 0.3) is 0 Å². The fourth-order valence-electron chi connectivity index (χ4n) is 3.27. The Kier molecular flexibility index (Phi) is 3.88. The van der Waals surface area contributed by atoms with Gasteiger partial charge in [0.2, 0.25) is 0 Å². The Morgan fingerprint density at radius 2 is 2.20 bits per heavy atom. The van der Waals surface area contributed by atoms with Gasteiger partial charge < -0.3 is 5.11 Å². The number of nitrogens with zero attached hydrogens (tertiary/aromatic N) is 2. The summed E-state index contributed by atoms with van der Waals surface area (Å²) in [5.74, 6) is 0.360. The Balaban J connectivity index is 1.71. The minimum absolute atomic E-state index is 0.314. The maximum absolute atomic E-state index is 10.7. The van der Waals surface area contributed by atoms with Crippen LogP contribution in [0.4, 0.5) is 0 Å². The fourth-order valence-corrected chi connectivity index (χ4v) is 3.27. The normalized spacial score (nSPS) is 22.3. The zero-order valence-corrected chi connectivity index (χ0v) is 12.0. The highest BCUT2D eigenvalue weighted by Gasteiger charge is 2.25. The second-order valence-electron chi connectivity index (χ2n) is 5.86. The van der Waals surface area contributed by atoms with Gasteiger partial charge in [-0.2, -0.15) is 5.10 Å². The molecule has 2 aromatic rings. The predicted molar refractivity (Wildman–Crippen MR) is 79.4 cm³/mol. The van der Waals surface area contributed by atoms with E-state index in [4.69, 9.17) is 0 Å². The number of rotatable bonds is 3.